The molecule has 0 aliphatic carbocycles. The van der Waals surface area contributed by atoms with Crippen molar-refractivity contribution in [3.05, 3.63) is 47.5 Å². The number of hydrogen-bond donors (Lipinski definition) is 0. The molecule has 0 fully saturated rings. The first kappa shape index (κ1) is 20.1. The zero-order valence-corrected chi connectivity index (χ0v) is 17.1. The second kappa shape index (κ2) is 9.52. The number of hydrogen-bond acceptors (Lipinski definition) is 5. The van der Waals surface area contributed by atoms with Crippen LogP contribution in [0, 0.1) is 25.2 Å². The second-order valence-electron chi connectivity index (χ2n) is 6.67. The van der Waals surface area contributed by atoms with Crippen LogP contribution in [0.5, 0.6) is 11.5 Å². The van der Waals surface area contributed by atoms with E-state index in [1.165, 1.54) is 17.3 Å². The van der Waals surface area contributed by atoms with Gasteiger partial charge in [0.15, 0.2) is 11.5 Å². The van der Waals surface area contributed by atoms with Crippen molar-refractivity contribution in [1.82, 2.24) is 0 Å². The summed E-state index contributed by atoms with van der Waals surface area (Å²) in [6.07, 6.45) is 1.16. The molecule has 28 heavy (non-hydrogen) atoms. The number of rotatable bonds is 6. The number of carbonyl (C=O) groups excluding carboxylic acids is 1. The standard InChI is InChI=1S/C22H24N2O3S/c1-16-5-6-18(13-17(16)2)24(10-3-9-23)22(25)15-28-19-7-8-20-21(14-19)27-12-4-11-26-20/h5-8,13-14H,3-4,10-12,15H2,1-2H3. The van der Waals surface area contributed by atoms with Gasteiger partial charge in [-0.05, 0) is 55.3 Å². The SMILES string of the molecule is Cc1ccc(N(CCC#N)C(=O)CSc2ccc3c(c2)OCCCO3)cc1C. The predicted octanol–water partition coefficient (Wildman–Crippen LogP) is 4.50. The molecule has 0 saturated heterocycles. The first-order chi connectivity index (χ1) is 13.6. The van der Waals surface area contributed by atoms with Gasteiger partial charge in [-0.25, -0.2) is 0 Å². The molecule has 0 aromatic heterocycles. The largest absolute Gasteiger partial charge is 0.490 e. The third kappa shape index (κ3) is 4.99. The first-order valence-corrected chi connectivity index (χ1v) is 10.3. The highest BCUT2D eigenvalue weighted by Crippen LogP contribution is 2.34. The van der Waals surface area contributed by atoms with E-state index < -0.39 is 0 Å². The van der Waals surface area contributed by atoms with Crippen molar-refractivity contribution in [2.45, 2.75) is 31.6 Å². The Kier molecular flexibility index (Phi) is 6.83. The zero-order chi connectivity index (χ0) is 19.9. The number of amides is 1. The van der Waals surface area contributed by atoms with Crippen LogP contribution in [-0.2, 0) is 4.79 Å². The number of thioether (sulfide) groups is 1. The summed E-state index contributed by atoms with van der Waals surface area (Å²) in [6, 6.07) is 13.8. The van der Waals surface area contributed by atoms with E-state index >= 15 is 0 Å². The fourth-order valence-corrected chi connectivity index (χ4v) is 3.71. The number of fused-ring (bicyclic) bond motifs is 1. The molecule has 5 nitrogen and oxygen atoms in total. The molecule has 1 aliphatic rings. The molecule has 146 valence electrons. The van der Waals surface area contributed by atoms with Crippen molar-refractivity contribution in [3.8, 4) is 17.6 Å². The van der Waals surface area contributed by atoms with E-state index in [4.69, 9.17) is 14.7 Å². The van der Waals surface area contributed by atoms with Crippen LogP contribution in [0.1, 0.15) is 24.0 Å². The Morgan fingerprint density at radius 2 is 1.89 bits per heavy atom. The van der Waals surface area contributed by atoms with Gasteiger partial charge < -0.3 is 14.4 Å². The average molecular weight is 397 g/mol. The lowest BCUT2D eigenvalue weighted by Crippen LogP contribution is -2.33. The Labute approximate surface area is 170 Å². The van der Waals surface area contributed by atoms with Gasteiger partial charge in [-0.3, -0.25) is 4.79 Å². The Morgan fingerprint density at radius 1 is 1.11 bits per heavy atom. The summed E-state index contributed by atoms with van der Waals surface area (Å²) >= 11 is 1.46. The number of ether oxygens (including phenoxy) is 2. The van der Waals surface area contributed by atoms with Gasteiger partial charge in [0.1, 0.15) is 0 Å². The maximum atomic E-state index is 12.9. The normalized spacial score (nSPS) is 12.8. The second-order valence-corrected chi connectivity index (χ2v) is 7.72. The molecule has 1 aliphatic heterocycles. The van der Waals surface area contributed by atoms with E-state index in [0.717, 1.165) is 34.1 Å². The van der Waals surface area contributed by atoms with Gasteiger partial charge >= 0.3 is 0 Å². The third-order valence-electron chi connectivity index (χ3n) is 4.63. The topological polar surface area (TPSA) is 62.6 Å². The minimum Gasteiger partial charge on any atom is -0.490 e. The maximum absolute atomic E-state index is 12.9. The van der Waals surface area contributed by atoms with Crippen molar-refractivity contribution < 1.29 is 14.3 Å². The molecule has 6 heteroatoms. The van der Waals surface area contributed by atoms with Crippen molar-refractivity contribution in [3.63, 3.8) is 0 Å². The first-order valence-electron chi connectivity index (χ1n) is 9.35. The molecular weight excluding hydrogens is 372 g/mol. The van der Waals surface area contributed by atoms with Gasteiger partial charge in [0.25, 0.3) is 0 Å². The van der Waals surface area contributed by atoms with Crippen LogP contribution in [0.25, 0.3) is 0 Å². The van der Waals surface area contributed by atoms with Crippen LogP contribution in [0.2, 0.25) is 0 Å². The molecule has 0 N–H and O–H groups in total. The van der Waals surface area contributed by atoms with Crippen molar-refractivity contribution in [2.75, 3.05) is 30.4 Å². The van der Waals surface area contributed by atoms with Gasteiger partial charge in [-0.2, -0.15) is 5.26 Å². The molecule has 1 amide bonds. The van der Waals surface area contributed by atoms with E-state index in [-0.39, 0.29) is 11.7 Å². The van der Waals surface area contributed by atoms with Crippen LogP contribution in [0.15, 0.2) is 41.3 Å². The molecule has 0 bridgehead atoms. The Bertz CT molecular complexity index is 892. The monoisotopic (exact) mass is 396 g/mol. The van der Waals surface area contributed by atoms with Crippen LogP contribution >= 0.6 is 11.8 Å². The van der Waals surface area contributed by atoms with Crippen molar-refractivity contribution >= 4 is 23.4 Å². The quantitative estimate of drug-likeness (QED) is 0.673. The van der Waals surface area contributed by atoms with E-state index in [9.17, 15) is 4.79 Å². The Balaban J connectivity index is 1.70. The molecule has 0 radical (unpaired) electrons. The highest BCUT2D eigenvalue weighted by atomic mass is 32.2. The number of aryl methyl sites for hydroxylation is 2. The smallest absolute Gasteiger partial charge is 0.237 e. The third-order valence-corrected chi connectivity index (χ3v) is 5.61. The van der Waals surface area contributed by atoms with Crippen LogP contribution in [-0.4, -0.2) is 31.4 Å². The number of carbonyl (C=O) groups is 1. The predicted molar refractivity (Wildman–Crippen MR) is 111 cm³/mol. The molecule has 1 heterocycles. The summed E-state index contributed by atoms with van der Waals surface area (Å²) < 4.78 is 11.4. The van der Waals surface area contributed by atoms with Crippen molar-refractivity contribution in [2.24, 2.45) is 0 Å². The number of anilines is 1. The lowest BCUT2D eigenvalue weighted by atomic mass is 10.1. The fraction of sp³-hybridized carbons (Fsp3) is 0.364. The summed E-state index contributed by atoms with van der Waals surface area (Å²) in [5.41, 5.74) is 3.14. The number of nitriles is 1. The molecule has 0 saturated carbocycles. The van der Waals surface area contributed by atoms with Crippen molar-refractivity contribution in [1.29, 1.82) is 5.26 Å². The molecular formula is C22H24N2O3S. The minimum atomic E-state index is -0.0179. The van der Waals surface area contributed by atoms with E-state index in [0.29, 0.717) is 26.2 Å². The highest BCUT2D eigenvalue weighted by Gasteiger charge is 2.17. The molecule has 0 unspecified atom stereocenters. The van der Waals surface area contributed by atoms with Gasteiger partial charge in [0.2, 0.25) is 5.91 Å². The minimum absolute atomic E-state index is 0.0179. The molecule has 3 rings (SSSR count). The summed E-state index contributed by atoms with van der Waals surface area (Å²) in [6.45, 7) is 5.74. The van der Waals surface area contributed by atoms with Crippen LogP contribution < -0.4 is 14.4 Å². The van der Waals surface area contributed by atoms with E-state index in [1.807, 2.05) is 50.2 Å². The molecule has 0 atom stereocenters. The zero-order valence-electron chi connectivity index (χ0n) is 16.2. The van der Waals surface area contributed by atoms with Gasteiger partial charge in [0.05, 0.1) is 31.5 Å². The van der Waals surface area contributed by atoms with Gasteiger partial charge in [-0.1, -0.05) is 6.07 Å². The summed E-state index contributed by atoms with van der Waals surface area (Å²) in [5.74, 6) is 1.75. The lowest BCUT2D eigenvalue weighted by molar-refractivity contribution is -0.116. The Hall–Kier alpha value is -2.65. The van der Waals surface area contributed by atoms with Crippen LogP contribution in [0.3, 0.4) is 0 Å². The number of nitrogens with zero attached hydrogens (tertiary/aromatic N) is 2. The van der Waals surface area contributed by atoms with Gasteiger partial charge in [-0.15, -0.1) is 11.8 Å². The molecule has 0 spiro atoms. The molecule has 2 aromatic rings. The molecule has 2 aromatic carbocycles. The van der Waals surface area contributed by atoms with E-state index in [2.05, 4.69) is 6.07 Å². The highest BCUT2D eigenvalue weighted by molar-refractivity contribution is 8.00. The van der Waals surface area contributed by atoms with E-state index in [1.54, 1.807) is 4.90 Å². The summed E-state index contributed by atoms with van der Waals surface area (Å²) in [5, 5.41) is 8.97. The lowest BCUT2D eigenvalue weighted by Gasteiger charge is -2.22. The number of benzene rings is 2. The Morgan fingerprint density at radius 3 is 2.64 bits per heavy atom. The maximum Gasteiger partial charge on any atom is 0.237 e. The average Bonchev–Trinajstić information content (AvgIpc) is 2.94. The summed E-state index contributed by atoms with van der Waals surface area (Å²) in [4.78, 5) is 15.6. The summed E-state index contributed by atoms with van der Waals surface area (Å²) in [7, 11) is 0. The fourth-order valence-electron chi connectivity index (χ4n) is 2.91. The van der Waals surface area contributed by atoms with Crippen LogP contribution in [0.4, 0.5) is 5.69 Å². The van der Waals surface area contributed by atoms with Gasteiger partial charge in [0, 0.05) is 23.5 Å².